The highest BCUT2D eigenvalue weighted by molar-refractivity contribution is 7.19. The first-order valence-corrected chi connectivity index (χ1v) is 12.5. The molecule has 0 aliphatic carbocycles. The van der Waals surface area contributed by atoms with Gasteiger partial charge in [-0.2, -0.15) is 4.98 Å². The maximum absolute atomic E-state index is 12.5. The number of hydrogen-bond acceptors (Lipinski definition) is 7. The molecular formula is C23H30ClN5O3S. The van der Waals surface area contributed by atoms with Gasteiger partial charge in [0.15, 0.2) is 5.76 Å². The molecule has 4 heterocycles. The zero-order chi connectivity index (χ0) is 23.5. The van der Waals surface area contributed by atoms with Gasteiger partial charge in [-0.3, -0.25) is 0 Å². The van der Waals surface area contributed by atoms with Gasteiger partial charge in [-0.1, -0.05) is 23.7 Å². The number of hydrogen-bond donors (Lipinski definition) is 1. The van der Waals surface area contributed by atoms with Crippen molar-refractivity contribution in [1.29, 1.82) is 0 Å². The molecule has 0 atom stereocenters. The number of aromatic nitrogens is 3. The predicted molar refractivity (Wildman–Crippen MR) is 129 cm³/mol. The first-order chi connectivity index (χ1) is 15.8. The molecule has 4 rings (SSSR count). The number of piperidine rings is 1. The normalized spacial score (nSPS) is 15.3. The molecular weight excluding hydrogens is 462 g/mol. The second-order valence-electron chi connectivity index (χ2n) is 8.58. The highest BCUT2D eigenvalue weighted by Gasteiger charge is 2.24. The molecule has 33 heavy (non-hydrogen) atoms. The molecule has 1 aliphatic rings. The summed E-state index contributed by atoms with van der Waals surface area (Å²) in [6.45, 7) is 10.8. The SMILES string of the molecule is CCc1nc(OC(=O)NC2CCN(C(C)C)CC2)c(C)n1Cc1cc(-c2ccc(Cl)s2)on1. The van der Waals surface area contributed by atoms with Crippen molar-refractivity contribution in [2.45, 2.75) is 65.6 Å². The van der Waals surface area contributed by atoms with Crippen molar-refractivity contribution in [3.63, 3.8) is 0 Å². The van der Waals surface area contributed by atoms with Crippen molar-refractivity contribution in [3.05, 3.63) is 39.7 Å². The van der Waals surface area contributed by atoms with Gasteiger partial charge in [-0.05, 0) is 45.7 Å². The summed E-state index contributed by atoms with van der Waals surface area (Å²) in [4.78, 5) is 20.5. The number of carbonyl (C=O) groups excluding carboxylic acids is 1. The maximum Gasteiger partial charge on any atom is 0.414 e. The van der Waals surface area contributed by atoms with Crippen molar-refractivity contribution >= 4 is 29.0 Å². The van der Waals surface area contributed by atoms with Crippen LogP contribution in [0.25, 0.3) is 10.6 Å². The summed E-state index contributed by atoms with van der Waals surface area (Å²) in [5.41, 5.74) is 1.54. The maximum atomic E-state index is 12.5. The van der Waals surface area contributed by atoms with Crippen LogP contribution in [-0.2, 0) is 13.0 Å². The summed E-state index contributed by atoms with van der Waals surface area (Å²) in [5.74, 6) is 1.83. The number of aryl methyl sites for hydroxylation is 1. The fourth-order valence-electron chi connectivity index (χ4n) is 4.10. The third kappa shape index (κ3) is 5.59. The number of ether oxygens (including phenoxy) is 1. The van der Waals surface area contributed by atoms with Crippen molar-refractivity contribution in [2.75, 3.05) is 13.1 Å². The molecule has 1 amide bonds. The molecule has 0 unspecified atom stereocenters. The molecule has 8 nitrogen and oxygen atoms in total. The highest BCUT2D eigenvalue weighted by atomic mass is 35.5. The molecule has 1 saturated heterocycles. The molecule has 1 fully saturated rings. The average Bonchev–Trinajstić information content (AvgIpc) is 3.50. The van der Waals surface area contributed by atoms with E-state index >= 15 is 0 Å². The van der Waals surface area contributed by atoms with Crippen molar-refractivity contribution in [2.24, 2.45) is 0 Å². The van der Waals surface area contributed by atoms with E-state index in [4.69, 9.17) is 20.9 Å². The van der Waals surface area contributed by atoms with E-state index in [1.54, 1.807) is 0 Å². The number of imidazole rings is 1. The topological polar surface area (TPSA) is 85.4 Å². The smallest absolute Gasteiger partial charge is 0.389 e. The Morgan fingerprint density at radius 1 is 1.36 bits per heavy atom. The summed E-state index contributed by atoms with van der Waals surface area (Å²) >= 11 is 7.47. The van der Waals surface area contributed by atoms with Gasteiger partial charge in [0.25, 0.3) is 0 Å². The van der Waals surface area contributed by atoms with Crippen LogP contribution >= 0.6 is 22.9 Å². The summed E-state index contributed by atoms with van der Waals surface area (Å²) in [6, 6.07) is 6.30. The van der Waals surface area contributed by atoms with Crippen LogP contribution in [-0.4, -0.2) is 50.9 Å². The van der Waals surface area contributed by atoms with Gasteiger partial charge >= 0.3 is 6.09 Å². The molecule has 0 aromatic carbocycles. The number of thiophene rings is 1. The Bertz CT molecular complexity index is 1100. The minimum absolute atomic E-state index is 0.125. The zero-order valence-electron chi connectivity index (χ0n) is 19.4. The Hall–Kier alpha value is -2.36. The minimum atomic E-state index is -0.452. The molecule has 3 aromatic heterocycles. The van der Waals surface area contributed by atoms with E-state index in [-0.39, 0.29) is 6.04 Å². The number of nitrogens with one attached hydrogen (secondary N) is 1. The fourth-order valence-corrected chi connectivity index (χ4v) is 5.09. The predicted octanol–water partition coefficient (Wildman–Crippen LogP) is 5.13. The second-order valence-corrected chi connectivity index (χ2v) is 10.3. The number of amides is 1. The average molecular weight is 492 g/mol. The van der Waals surface area contributed by atoms with Gasteiger partial charge in [0.05, 0.1) is 21.5 Å². The van der Waals surface area contributed by atoms with E-state index in [2.05, 4.69) is 34.2 Å². The lowest BCUT2D eigenvalue weighted by atomic mass is 10.0. The lowest BCUT2D eigenvalue weighted by Gasteiger charge is -2.34. The number of nitrogens with zero attached hydrogens (tertiary/aromatic N) is 4. The molecule has 0 spiro atoms. The van der Waals surface area contributed by atoms with Crippen LogP contribution in [0.3, 0.4) is 0 Å². The number of halogens is 1. The highest BCUT2D eigenvalue weighted by Crippen LogP contribution is 2.31. The van der Waals surface area contributed by atoms with Gasteiger partial charge in [0.2, 0.25) is 5.88 Å². The fraction of sp³-hybridized carbons (Fsp3) is 0.522. The van der Waals surface area contributed by atoms with Crippen molar-refractivity contribution in [1.82, 2.24) is 24.9 Å². The van der Waals surface area contributed by atoms with Gasteiger partial charge < -0.3 is 24.0 Å². The summed E-state index contributed by atoms with van der Waals surface area (Å²) < 4.78 is 13.8. The van der Waals surface area contributed by atoms with Gasteiger partial charge in [-0.25, -0.2) is 4.79 Å². The number of carbonyl (C=O) groups is 1. The van der Waals surface area contributed by atoms with Crippen LogP contribution in [0.2, 0.25) is 4.34 Å². The van der Waals surface area contributed by atoms with Crippen LogP contribution in [0.4, 0.5) is 4.79 Å². The lowest BCUT2D eigenvalue weighted by Crippen LogP contribution is -2.47. The van der Waals surface area contributed by atoms with Crippen LogP contribution in [0.5, 0.6) is 5.88 Å². The molecule has 0 saturated carbocycles. The molecule has 10 heteroatoms. The molecule has 1 N–H and O–H groups in total. The Labute approximate surface area is 202 Å². The van der Waals surface area contributed by atoms with E-state index in [0.717, 1.165) is 48.0 Å². The van der Waals surface area contributed by atoms with E-state index in [0.29, 0.717) is 35.0 Å². The molecule has 0 bridgehead atoms. The molecule has 1 aliphatic heterocycles. The lowest BCUT2D eigenvalue weighted by molar-refractivity contribution is 0.151. The van der Waals surface area contributed by atoms with E-state index in [1.807, 2.05) is 36.6 Å². The van der Waals surface area contributed by atoms with Crippen molar-refractivity contribution < 1.29 is 14.1 Å². The van der Waals surface area contributed by atoms with E-state index < -0.39 is 6.09 Å². The Balaban J connectivity index is 1.40. The molecule has 178 valence electrons. The van der Waals surface area contributed by atoms with Crippen molar-refractivity contribution in [3.8, 4) is 16.5 Å². The Morgan fingerprint density at radius 3 is 2.76 bits per heavy atom. The third-order valence-electron chi connectivity index (χ3n) is 6.04. The minimum Gasteiger partial charge on any atom is -0.389 e. The first kappa shape index (κ1) is 23.8. The quantitative estimate of drug-likeness (QED) is 0.493. The largest absolute Gasteiger partial charge is 0.414 e. The number of likely N-dealkylation sites (tertiary alicyclic amines) is 1. The van der Waals surface area contributed by atoms with Gasteiger partial charge in [0, 0.05) is 37.7 Å². The van der Waals surface area contributed by atoms with Crippen LogP contribution in [0.15, 0.2) is 22.7 Å². The van der Waals surface area contributed by atoms with E-state index in [9.17, 15) is 4.79 Å². The van der Waals surface area contributed by atoms with Gasteiger partial charge in [-0.15, -0.1) is 11.3 Å². The zero-order valence-corrected chi connectivity index (χ0v) is 21.0. The van der Waals surface area contributed by atoms with Crippen LogP contribution in [0, 0.1) is 6.92 Å². The Kier molecular flexibility index (Phi) is 7.41. The third-order valence-corrected chi connectivity index (χ3v) is 7.28. The second kappa shape index (κ2) is 10.3. The standard InChI is InChI=1S/C23H30ClN5O3S/c1-5-21-26-22(31-23(30)25-16-8-10-28(11-9-16)14(2)3)15(4)29(21)13-17-12-18(32-27-17)19-6-7-20(24)33-19/h6-7,12,14,16H,5,8-11,13H2,1-4H3,(H,25,30). The first-order valence-electron chi connectivity index (χ1n) is 11.3. The van der Waals surface area contributed by atoms with Crippen LogP contribution in [0.1, 0.15) is 50.8 Å². The summed E-state index contributed by atoms with van der Waals surface area (Å²) in [5, 5.41) is 7.20. The monoisotopic (exact) mass is 491 g/mol. The van der Waals surface area contributed by atoms with E-state index in [1.165, 1.54) is 11.3 Å². The summed E-state index contributed by atoms with van der Waals surface area (Å²) in [6.07, 6.45) is 2.09. The van der Waals surface area contributed by atoms with Crippen LogP contribution < -0.4 is 10.1 Å². The molecule has 0 radical (unpaired) electrons. The number of rotatable bonds is 7. The molecule has 3 aromatic rings. The Morgan fingerprint density at radius 2 is 2.12 bits per heavy atom. The summed E-state index contributed by atoms with van der Waals surface area (Å²) in [7, 11) is 0. The van der Waals surface area contributed by atoms with Gasteiger partial charge in [0.1, 0.15) is 11.5 Å².